The number of aliphatic imine (C=N–C) groups is 1. The minimum atomic E-state index is -2.75. The van der Waals surface area contributed by atoms with Crippen LogP contribution in [0.25, 0.3) is 0 Å². The van der Waals surface area contributed by atoms with E-state index >= 15 is 0 Å². The minimum absolute atomic E-state index is 0. The lowest BCUT2D eigenvalue weighted by atomic mass is 9.99. The van der Waals surface area contributed by atoms with Crippen molar-refractivity contribution in [3.8, 4) is 0 Å². The van der Waals surface area contributed by atoms with Gasteiger partial charge >= 0.3 is 0 Å². The monoisotopic (exact) mass is 429 g/mol. The van der Waals surface area contributed by atoms with E-state index in [-0.39, 0.29) is 24.0 Å². The molecule has 124 valence electrons. The topological polar surface area (TPSA) is 75.8 Å². The lowest BCUT2D eigenvalue weighted by molar-refractivity contribution is 0.270. The third-order valence-corrected chi connectivity index (χ3v) is 6.18. The second-order valence-corrected chi connectivity index (χ2v) is 8.62. The number of piperidine rings is 1. The molecule has 0 radical (unpaired) electrons. The molecule has 2 aliphatic heterocycles. The van der Waals surface area contributed by atoms with Crippen LogP contribution in [-0.2, 0) is 9.84 Å². The molecule has 0 amide bonds. The van der Waals surface area contributed by atoms with Crippen LogP contribution >= 0.6 is 24.0 Å². The summed E-state index contributed by atoms with van der Waals surface area (Å²) in [5, 5.41) is 0. The molecule has 1 atom stereocenters. The van der Waals surface area contributed by atoms with Crippen LogP contribution in [0.2, 0.25) is 0 Å². The van der Waals surface area contributed by atoms with Gasteiger partial charge in [0.1, 0.15) is 9.84 Å². The van der Waals surface area contributed by atoms with E-state index in [0.717, 1.165) is 38.9 Å². The number of rotatable bonds is 3. The van der Waals surface area contributed by atoms with Crippen molar-refractivity contribution in [1.29, 1.82) is 0 Å². The molecule has 2 heterocycles. The fourth-order valence-corrected chi connectivity index (χ4v) is 4.68. The number of halogens is 1. The predicted molar refractivity (Wildman–Crippen MR) is 97.9 cm³/mol. The molecule has 0 aromatic rings. The van der Waals surface area contributed by atoms with E-state index in [1.807, 2.05) is 0 Å². The Hall–Kier alpha value is -0.0500. The minimum Gasteiger partial charge on any atom is -0.370 e. The highest BCUT2D eigenvalue weighted by Crippen LogP contribution is 2.22. The Labute approximate surface area is 145 Å². The van der Waals surface area contributed by atoms with Crippen LogP contribution in [0.15, 0.2) is 4.99 Å². The van der Waals surface area contributed by atoms with Crippen LogP contribution in [-0.4, -0.2) is 50.4 Å². The molecule has 1 unspecified atom stereocenters. The Morgan fingerprint density at radius 3 is 2.57 bits per heavy atom. The van der Waals surface area contributed by atoms with E-state index in [1.165, 1.54) is 12.8 Å². The first-order valence-electron chi connectivity index (χ1n) is 7.71. The van der Waals surface area contributed by atoms with Crippen molar-refractivity contribution in [3.05, 3.63) is 0 Å². The first-order valence-corrected chi connectivity index (χ1v) is 9.54. The van der Waals surface area contributed by atoms with E-state index < -0.39 is 9.84 Å². The molecular weight excluding hydrogens is 401 g/mol. The maximum atomic E-state index is 11.4. The summed E-state index contributed by atoms with van der Waals surface area (Å²) in [6, 6.07) is 0. The highest BCUT2D eigenvalue weighted by molar-refractivity contribution is 14.0. The zero-order valence-corrected chi connectivity index (χ0v) is 16.0. The number of likely N-dealkylation sites (tertiary alicyclic amines) is 1. The summed E-state index contributed by atoms with van der Waals surface area (Å²) < 4.78 is 22.7. The third kappa shape index (κ3) is 6.30. The quantitative estimate of drug-likeness (QED) is 0.422. The van der Waals surface area contributed by atoms with Crippen LogP contribution in [0.3, 0.4) is 0 Å². The molecule has 5 nitrogen and oxygen atoms in total. The smallest absolute Gasteiger partial charge is 0.191 e. The van der Waals surface area contributed by atoms with Gasteiger partial charge in [0.2, 0.25) is 0 Å². The molecular formula is C14H28IN3O2S. The number of nitrogens with two attached hydrogens (primary N) is 1. The Bertz CT molecular complexity index is 439. The molecule has 0 aliphatic carbocycles. The van der Waals surface area contributed by atoms with Gasteiger partial charge in [0.25, 0.3) is 0 Å². The first-order chi connectivity index (χ1) is 9.46. The maximum absolute atomic E-state index is 11.4. The average Bonchev–Trinajstić information content (AvgIpc) is 2.40. The summed E-state index contributed by atoms with van der Waals surface area (Å²) in [6.45, 7) is 5.00. The third-order valence-electron chi connectivity index (χ3n) is 4.47. The summed E-state index contributed by atoms with van der Waals surface area (Å²) in [6.07, 6.45) is 5.01. The van der Waals surface area contributed by atoms with E-state index in [1.54, 1.807) is 0 Å². The molecule has 0 aromatic carbocycles. The molecule has 2 fully saturated rings. The van der Waals surface area contributed by atoms with Gasteiger partial charge in [-0.2, -0.15) is 0 Å². The second kappa shape index (κ2) is 8.55. The molecule has 2 saturated heterocycles. The second-order valence-electron chi connectivity index (χ2n) is 6.32. The van der Waals surface area contributed by atoms with Gasteiger partial charge in [0.05, 0.1) is 11.5 Å². The summed E-state index contributed by atoms with van der Waals surface area (Å²) in [5.41, 5.74) is 6.05. The Morgan fingerprint density at radius 2 is 1.95 bits per heavy atom. The molecule has 0 saturated carbocycles. The number of hydrogen-bond acceptors (Lipinski definition) is 3. The molecule has 7 heteroatoms. The van der Waals surface area contributed by atoms with E-state index in [9.17, 15) is 8.42 Å². The summed E-state index contributed by atoms with van der Waals surface area (Å²) in [7, 11) is -2.75. The standard InChI is InChI=1S/C14H27N3O2S.HI/c1-12-3-2-8-17(11-12)14(15)16-7-4-13-5-9-20(18,19)10-6-13;/h12-13H,2-11H2,1H3,(H2,15,16);1H. The van der Waals surface area contributed by atoms with Crippen molar-refractivity contribution in [2.45, 2.75) is 39.0 Å². The van der Waals surface area contributed by atoms with Crippen molar-refractivity contribution in [2.75, 3.05) is 31.1 Å². The van der Waals surface area contributed by atoms with E-state index in [4.69, 9.17) is 5.73 Å². The van der Waals surface area contributed by atoms with Crippen LogP contribution < -0.4 is 5.73 Å². The van der Waals surface area contributed by atoms with Crippen molar-refractivity contribution < 1.29 is 8.42 Å². The normalized spacial score (nSPS) is 27.2. The van der Waals surface area contributed by atoms with Crippen LogP contribution in [0.5, 0.6) is 0 Å². The van der Waals surface area contributed by atoms with Crippen LogP contribution in [0.4, 0.5) is 0 Å². The molecule has 2 rings (SSSR count). The van der Waals surface area contributed by atoms with Gasteiger partial charge in [0.15, 0.2) is 5.96 Å². The van der Waals surface area contributed by atoms with E-state index in [2.05, 4.69) is 16.8 Å². The molecule has 0 aromatic heterocycles. The number of sulfone groups is 1. The Kier molecular flexibility index (Phi) is 7.73. The zero-order chi connectivity index (χ0) is 14.6. The van der Waals surface area contributed by atoms with Crippen molar-refractivity contribution in [3.63, 3.8) is 0 Å². The van der Waals surface area contributed by atoms with Gasteiger partial charge in [-0.05, 0) is 43.9 Å². The highest BCUT2D eigenvalue weighted by Gasteiger charge is 2.23. The van der Waals surface area contributed by atoms with Gasteiger partial charge in [-0.1, -0.05) is 6.92 Å². The average molecular weight is 429 g/mol. The molecule has 0 bridgehead atoms. The number of guanidine groups is 1. The highest BCUT2D eigenvalue weighted by atomic mass is 127. The molecule has 2 N–H and O–H groups in total. The van der Waals surface area contributed by atoms with Gasteiger partial charge in [-0.3, -0.25) is 4.99 Å². The first kappa shape index (κ1) is 19.0. The fraction of sp³-hybridized carbons (Fsp3) is 0.929. The number of hydrogen-bond donors (Lipinski definition) is 1. The zero-order valence-electron chi connectivity index (χ0n) is 12.8. The SMILES string of the molecule is CC1CCCN(C(N)=NCCC2CCS(=O)(=O)CC2)C1.I. The van der Waals surface area contributed by atoms with Crippen LogP contribution in [0, 0.1) is 11.8 Å². The summed E-state index contributed by atoms with van der Waals surface area (Å²) >= 11 is 0. The largest absolute Gasteiger partial charge is 0.370 e. The summed E-state index contributed by atoms with van der Waals surface area (Å²) in [4.78, 5) is 6.66. The van der Waals surface area contributed by atoms with Gasteiger partial charge in [0, 0.05) is 19.6 Å². The predicted octanol–water partition coefficient (Wildman–Crippen LogP) is 1.87. The molecule has 0 spiro atoms. The lowest BCUT2D eigenvalue weighted by Crippen LogP contribution is -2.43. The van der Waals surface area contributed by atoms with Gasteiger partial charge in [-0.25, -0.2) is 8.42 Å². The van der Waals surface area contributed by atoms with Crippen molar-refractivity contribution in [2.24, 2.45) is 22.6 Å². The van der Waals surface area contributed by atoms with Crippen molar-refractivity contribution >= 4 is 39.8 Å². The number of nitrogens with zero attached hydrogens (tertiary/aromatic N) is 2. The van der Waals surface area contributed by atoms with Gasteiger partial charge in [-0.15, -0.1) is 24.0 Å². The van der Waals surface area contributed by atoms with Gasteiger partial charge < -0.3 is 10.6 Å². The lowest BCUT2D eigenvalue weighted by Gasteiger charge is -2.31. The Morgan fingerprint density at radius 1 is 1.29 bits per heavy atom. The van der Waals surface area contributed by atoms with Crippen molar-refractivity contribution in [1.82, 2.24) is 4.90 Å². The summed E-state index contributed by atoms with van der Waals surface area (Å²) in [5.74, 6) is 2.55. The fourth-order valence-electron chi connectivity index (χ4n) is 3.09. The van der Waals surface area contributed by atoms with Crippen LogP contribution in [0.1, 0.15) is 39.0 Å². The maximum Gasteiger partial charge on any atom is 0.191 e. The Balaban J connectivity index is 0.00000220. The molecule has 2 aliphatic rings. The molecule has 21 heavy (non-hydrogen) atoms. The van der Waals surface area contributed by atoms with E-state index in [0.29, 0.717) is 29.3 Å².